The number of amides is 2. The molecule has 112 valence electrons. The molecular formula is C17H16N2O3. The molecule has 0 unspecified atom stereocenters. The summed E-state index contributed by atoms with van der Waals surface area (Å²) >= 11 is 0. The van der Waals surface area contributed by atoms with Gasteiger partial charge in [-0.05, 0) is 42.5 Å². The third-order valence-corrected chi connectivity index (χ3v) is 2.89. The maximum Gasteiger partial charge on any atom is 0.255 e. The Hall–Kier alpha value is -3.08. The average Bonchev–Trinajstić information content (AvgIpc) is 2.53. The lowest BCUT2D eigenvalue weighted by atomic mass is 10.1. The van der Waals surface area contributed by atoms with Crippen molar-refractivity contribution in [1.82, 2.24) is 0 Å². The van der Waals surface area contributed by atoms with Crippen molar-refractivity contribution in [2.24, 2.45) is 5.73 Å². The Bertz CT molecular complexity index is 693. The summed E-state index contributed by atoms with van der Waals surface area (Å²) < 4.78 is 5.35. The van der Waals surface area contributed by atoms with Crippen LogP contribution in [0.3, 0.4) is 0 Å². The van der Waals surface area contributed by atoms with Crippen molar-refractivity contribution < 1.29 is 14.3 Å². The van der Waals surface area contributed by atoms with Crippen LogP contribution in [0, 0.1) is 0 Å². The van der Waals surface area contributed by atoms with Gasteiger partial charge in [0.25, 0.3) is 5.91 Å². The van der Waals surface area contributed by atoms with Gasteiger partial charge in [-0.25, -0.2) is 0 Å². The summed E-state index contributed by atoms with van der Waals surface area (Å²) in [5.41, 5.74) is 6.54. The first kappa shape index (κ1) is 15.3. The molecule has 3 N–H and O–H groups in total. The van der Waals surface area contributed by atoms with E-state index in [0.29, 0.717) is 29.2 Å². The van der Waals surface area contributed by atoms with E-state index in [1.807, 2.05) is 0 Å². The van der Waals surface area contributed by atoms with Gasteiger partial charge in [-0.15, -0.1) is 0 Å². The van der Waals surface area contributed by atoms with Gasteiger partial charge in [-0.2, -0.15) is 0 Å². The summed E-state index contributed by atoms with van der Waals surface area (Å²) in [6, 6.07) is 13.2. The van der Waals surface area contributed by atoms with Crippen molar-refractivity contribution >= 4 is 17.5 Å². The Morgan fingerprint density at radius 3 is 2.50 bits per heavy atom. The van der Waals surface area contributed by atoms with E-state index in [-0.39, 0.29) is 5.91 Å². The van der Waals surface area contributed by atoms with Crippen molar-refractivity contribution in [3.63, 3.8) is 0 Å². The van der Waals surface area contributed by atoms with Crippen molar-refractivity contribution in [3.05, 3.63) is 72.3 Å². The third-order valence-electron chi connectivity index (χ3n) is 2.89. The normalized spacial score (nSPS) is 9.82. The fourth-order valence-electron chi connectivity index (χ4n) is 1.81. The van der Waals surface area contributed by atoms with E-state index >= 15 is 0 Å². The van der Waals surface area contributed by atoms with Crippen LogP contribution in [0.25, 0.3) is 0 Å². The Morgan fingerprint density at radius 1 is 1.14 bits per heavy atom. The molecule has 2 aromatic rings. The topological polar surface area (TPSA) is 81.4 Å². The molecule has 2 amide bonds. The fraction of sp³-hybridized carbons (Fsp3) is 0.0588. The molecule has 0 aromatic heterocycles. The molecule has 22 heavy (non-hydrogen) atoms. The molecule has 0 atom stereocenters. The van der Waals surface area contributed by atoms with Crippen LogP contribution in [0.1, 0.15) is 20.7 Å². The number of nitrogens with two attached hydrogens (primary N) is 1. The van der Waals surface area contributed by atoms with Crippen molar-refractivity contribution in [2.45, 2.75) is 0 Å². The summed E-state index contributed by atoms with van der Waals surface area (Å²) in [5.74, 6) is -0.163. The molecule has 0 aliphatic rings. The molecule has 0 saturated heterocycles. The SMILES string of the molecule is C=CCOc1ccc(C(=O)Nc2cccc(C(N)=O)c2)cc1. The van der Waals surface area contributed by atoms with Gasteiger partial charge in [0.15, 0.2) is 0 Å². The second kappa shape index (κ2) is 7.08. The van der Waals surface area contributed by atoms with E-state index in [9.17, 15) is 9.59 Å². The molecule has 0 fully saturated rings. The maximum absolute atomic E-state index is 12.1. The molecular weight excluding hydrogens is 280 g/mol. The first-order chi connectivity index (χ1) is 10.6. The molecule has 5 heteroatoms. The van der Waals surface area contributed by atoms with E-state index in [1.54, 1.807) is 48.5 Å². The van der Waals surface area contributed by atoms with E-state index in [2.05, 4.69) is 11.9 Å². The van der Waals surface area contributed by atoms with Crippen LogP contribution >= 0.6 is 0 Å². The number of rotatable bonds is 6. The predicted octanol–water partition coefficient (Wildman–Crippen LogP) is 2.60. The van der Waals surface area contributed by atoms with Crippen LogP contribution in [-0.2, 0) is 0 Å². The lowest BCUT2D eigenvalue weighted by molar-refractivity contribution is 0.0996. The standard InChI is InChI=1S/C17H16N2O3/c1-2-10-22-15-8-6-12(7-9-15)17(21)19-14-5-3-4-13(11-14)16(18)20/h2-9,11H,1,10H2,(H2,18,20)(H,19,21). The van der Waals surface area contributed by atoms with E-state index in [4.69, 9.17) is 10.5 Å². The lowest BCUT2D eigenvalue weighted by Gasteiger charge is -2.07. The fourth-order valence-corrected chi connectivity index (χ4v) is 1.81. The van der Waals surface area contributed by atoms with Gasteiger partial charge in [0.1, 0.15) is 12.4 Å². The number of benzene rings is 2. The lowest BCUT2D eigenvalue weighted by Crippen LogP contribution is -2.14. The molecule has 0 aliphatic carbocycles. The number of hydrogen-bond acceptors (Lipinski definition) is 3. The monoisotopic (exact) mass is 296 g/mol. The number of carbonyl (C=O) groups is 2. The van der Waals surface area contributed by atoms with Gasteiger partial charge in [0.2, 0.25) is 5.91 Å². The van der Waals surface area contributed by atoms with E-state index in [1.165, 1.54) is 6.07 Å². The van der Waals surface area contributed by atoms with Gasteiger partial charge in [0.05, 0.1) is 0 Å². The molecule has 0 radical (unpaired) electrons. The maximum atomic E-state index is 12.1. The predicted molar refractivity (Wildman–Crippen MR) is 85.0 cm³/mol. The molecule has 2 rings (SSSR count). The first-order valence-corrected chi connectivity index (χ1v) is 6.65. The summed E-state index contributed by atoms with van der Waals surface area (Å²) in [4.78, 5) is 23.3. The highest BCUT2D eigenvalue weighted by atomic mass is 16.5. The van der Waals surface area contributed by atoms with Gasteiger partial charge in [-0.3, -0.25) is 9.59 Å². The smallest absolute Gasteiger partial charge is 0.255 e. The summed E-state index contributed by atoms with van der Waals surface area (Å²) in [6.45, 7) is 3.97. The van der Waals surface area contributed by atoms with Gasteiger partial charge < -0.3 is 15.8 Å². The number of anilines is 1. The third kappa shape index (κ3) is 3.96. The van der Waals surface area contributed by atoms with Gasteiger partial charge in [0, 0.05) is 16.8 Å². The number of ether oxygens (including phenoxy) is 1. The first-order valence-electron chi connectivity index (χ1n) is 6.65. The highest BCUT2D eigenvalue weighted by molar-refractivity contribution is 6.05. The quantitative estimate of drug-likeness (QED) is 0.804. The molecule has 5 nitrogen and oxygen atoms in total. The van der Waals surface area contributed by atoms with Gasteiger partial charge in [-0.1, -0.05) is 18.7 Å². The van der Waals surface area contributed by atoms with Crippen LogP contribution in [0.2, 0.25) is 0 Å². The Morgan fingerprint density at radius 2 is 1.86 bits per heavy atom. The Balaban J connectivity index is 2.07. The van der Waals surface area contributed by atoms with Gasteiger partial charge >= 0.3 is 0 Å². The minimum Gasteiger partial charge on any atom is -0.490 e. The van der Waals surface area contributed by atoms with Crippen LogP contribution in [0.5, 0.6) is 5.75 Å². The van der Waals surface area contributed by atoms with Crippen molar-refractivity contribution in [1.29, 1.82) is 0 Å². The van der Waals surface area contributed by atoms with Crippen molar-refractivity contribution in [3.8, 4) is 5.75 Å². The number of nitrogens with one attached hydrogen (secondary N) is 1. The van der Waals surface area contributed by atoms with Crippen LogP contribution in [-0.4, -0.2) is 18.4 Å². The summed E-state index contributed by atoms with van der Waals surface area (Å²) in [7, 11) is 0. The Kier molecular flexibility index (Phi) is 4.93. The minimum atomic E-state index is -0.542. The van der Waals surface area contributed by atoms with E-state index in [0.717, 1.165) is 0 Å². The van der Waals surface area contributed by atoms with Crippen LogP contribution < -0.4 is 15.8 Å². The largest absolute Gasteiger partial charge is 0.490 e. The highest BCUT2D eigenvalue weighted by Gasteiger charge is 2.08. The second-order valence-electron chi connectivity index (χ2n) is 4.52. The molecule has 0 bridgehead atoms. The second-order valence-corrected chi connectivity index (χ2v) is 4.52. The highest BCUT2D eigenvalue weighted by Crippen LogP contribution is 2.15. The zero-order chi connectivity index (χ0) is 15.9. The number of primary amides is 1. The minimum absolute atomic E-state index is 0.281. The van der Waals surface area contributed by atoms with Crippen LogP contribution in [0.4, 0.5) is 5.69 Å². The Labute approximate surface area is 128 Å². The molecule has 2 aromatic carbocycles. The number of hydrogen-bond donors (Lipinski definition) is 2. The van der Waals surface area contributed by atoms with Crippen LogP contribution in [0.15, 0.2) is 61.2 Å². The summed E-state index contributed by atoms with van der Waals surface area (Å²) in [6.07, 6.45) is 1.65. The molecule has 0 spiro atoms. The van der Waals surface area contributed by atoms with Crippen molar-refractivity contribution in [2.75, 3.05) is 11.9 Å². The molecule has 0 heterocycles. The number of carbonyl (C=O) groups excluding carboxylic acids is 2. The average molecular weight is 296 g/mol. The summed E-state index contributed by atoms with van der Waals surface area (Å²) in [5, 5.41) is 2.71. The zero-order valence-electron chi connectivity index (χ0n) is 11.9. The zero-order valence-corrected chi connectivity index (χ0v) is 11.9. The molecule has 0 saturated carbocycles. The molecule has 0 aliphatic heterocycles. The van der Waals surface area contributed by atoms with E-state index < -0.39 is 5.91 Å².